The normalized spacial score (nSPS) is 13.0. The fourth-order valence-corrected chi connectivity index (χ4v) is 4.48. The molecular formula is C35H45F5NNaO5S. The summed E-state index contributed by atoms with van der Waals surface area (Å²) in [6, 6.07) is 14.0. The van der Waals surface area contributed by atoms with Crippen molar-refractivity contribution in [3.05, 3.63) is 94.3 Å². The number of hydrogen-bond donors (Lipinski definition) is 1. The number of anilines is 1. The van der Waals surface area contributed by atoms with E-state index in [1.54, 1.807) is 19.1 Å². The number of rotatable bonds is 8. The Bertz CT molecular complexity index is 1540. The molecule has 3 unspecified atom stereocenters. The molecule has 0 bridgehead atoms. The molecule has 0 radical (unpaired) electrons. The molecule has 3 rings (SSSR count). The molecule has 3 aromatic rings. The van der Waals surface area contributed by atoms with Crippen LogP contribution in [0.4, 0.5) is 32.4 Å². The molecule has 3 aromatic carbocycles. The summed E-state index contributed by atoms with van der Waals surface area (Å²) in [6.45, 7) is 17.0. The molecular weight excluding hydrogens is 664 g/mol. The van der Waals surface area contributed by atoms with Gasteiger partial charge in [-0.05, 0) is 93.2 Å². The molecule has 0 aliphatic carbocycles. The van der Waals surface area contributed by atoms with Gasteiger partial charge in [0.05, 0.1) is 4.90 Å². The maximum absolute atomic E-state index is 13.1. The van der Waals surface area contributed by atoms with E-state index in [2.05, 4.69) is 33.0 Å². The summed E-state index contributed by atoms with van der Waals surface area (Å²) in [4.78, 5) is 11.4. The molecule has 3 atom stereocenters. The average Bonchev–Trinajstić information content (AvgIpc) is 3.01. The Labute approximate surface area is 303 Å². The van der Waals surface area contributed by atoms with E-state index in [1.807, 2.05) is 45.0 Å². The second kappa shape index (κ2) is 20.2. The van der Waals surface area contributed by atoms with E-state index in [1.165, 1.54) is 24.6 Å². The van der Waals surface area contributed by atoms with Crippen molar-refractivity contribution < 1.29 is 74.0 Å². The first-order chi connectivity index (χ1) is 21.7. The van der Waals surface area contributed by atoms with Gasteiger partial charge in [-0.15, -0.1) is 0 Å². The van der Waals surface area contributed by atoms with E-state index in [0.717, 1.165) is 24.1 Å². The van der Waals surface area contributed by atoms with Crippen molar-refractivity contribution >= 4 is 21.9 Å². The van der Waals surface area contributed by atoms with Crippen molar-refractivity contribution in [2.75, 3.05) is 5.32 Å². The summed E-state index contributed by atoms with van der Waals surface area (Å²) in [6.07, 6.45) is 1.97. The van der Waals surface area contributed by atoms with Crippen LogP contribution >= 0.6 is 0 Å². The first-order valence-corrected chi connectivity index (χ1v) is 16.8. The fourth-order valence-electron chi connectivity index (χ4n) is 4.01. The first-order valence-electron chi connectivity index (χ1n) is 15.3. The molecule has 48 heavy (non-hydrogen) atoms. The summed E-state index contributed by atoms with van der Waals surface area (Å²) in [7, 11) is -4.30. The van der Waals surface area contributed by atoms with Crippen molar-refractivity contribution in [2.24, 2.45) is 0 Å². The minimum atomic E-state index is -4.30. The smallest absolute Gasteiger partial charge is 0.744 e. The molecule has 0 aliphatic heterocycles. The zero-order valence-corrected chi connectivity index (χ0v) is 32.1. The van der Waals surface area contributed by atoms with Gasteiger partial charge in [0.15, 0.2) is 23.3 Å². The van der Waals surface area contributed by atoms with Crippen molar-refractivity contribution in [2.45, 2.75) is 110 Å². The maximum Gasteiger partial charge on any atom is 1.00 e. The molecule has 0 aromatic heterocycles. The molecule has 262 valence electrons. The van der Waals surface area contributed by atoms with Crippen LogP contribution in [0.2, 0.25) is 0 Å². The van der Waals surface area contributed by atoms with Crippen molar-refractivity contribution in [3.8, 4) is 0 Å². The number of ether oxygens (including phenoxy) is 1. The van der Waals surface area contributed by atoms with E-state index < -0.39 is 62.4 Å². The number of hydrogen-bond acceptors (Lipinski definition) is 5. The molecule has 1 N–H and O–H groups in total. The van der Waals surface area contributed by atoms with Gasteiger partial charge < -0.3 is 9.29 Å². The van der Waals surface area contributed by atoms with E-state index in [4.69, 9.17) is 4.74 Å². The SMILES string of the molecule is CCC(C)c1c(F)c(F)c(F)c(F)c1F.CCC(C)c1ccc(NC(=O)OC(C)(C)C)cc1.CCC(C)c1ccc(S(=O)(=O)[O-])cc1.[Na+]. The van der Waals surface area contributed by atoms with Crippen LogP contribution in [0.1, 0.15) is 116 Å². The molecule has 6 nitrogen and oxygen atoms in total. The van der Waals surface area contributed by atoms with Crippen molar-refractivity contribution in [3.63, 3.8) is 0 Å². The monoisotopic (exact) mass is 709 g/mol. The molecule has 0 saturated heterocycles. The van der Waals surface area contributed by atoms with E-state index in [9.17, 15) is 39.7 Å². The van der Waals surface area contributed by atoms with Crippen LogP contribution in [0.15, 0.2) is 53.4 Å². The molecule has 0 heterocycles. The Hall–Kier alpha value is -2.51. The summed E-state index contributed by atoms with van der Waals surface area (Å²) >= 11 is 0. The van der Waals surface area contributed by atoms with Gasteiger partial charge >= 0.3 is 35.7 Å². The van der Waals surface area contributed by atoms with Crippen LogP contribution in [0.25, 0.3) is 0 Å². The molecule has 1 amide bonds. The number of benzene rings is 3. The van der Waals surface area contributed by atoms with Gasteiger partial charge in [-0.1, -0.05) is 65.8 Å². The fraction of sp³-hybridized carbons (Fsp3) is 0.457. The van der Waals surface area contributed by atoms with Crippen LogP contribution in [-0.4, -0.2) is 24.7 Å². The first kappa shape index (κ1) is 45.5. The minimum absolute atomic E-state index is 0. The molecule has 0 aliphatic rings. The van der Waals surface area contributed by atoms with E-state index >= 15 is 0 Å². The molecule has 0 spiro atoms. The van der Waals surface area contributed by atoms with E-state index in [0.29, 0.717) is 18.3 Å². The number of nitrogens with one attached hydrogen (secondary N) is 1. The average molecular weight is 710 g/mol. The Balaban J connectivity index is 0.000000689. The largest absolute Gasteiger partial charge is 1.00 e. The van der Waals surface area contributed by atoms with Crippen LogP contribution < -0.4 is 34.9 Å². The number of halogens is 5. The zero-order valence-electron chi connectivity index (χ0n) is 29.3. The van der Waals surface area contributed by atoms with E-state index in [-0.39, 0.29) is 34.5 Å². The summed E-state index contributed by atoms with van der Waals surface area (Å²) in [5.74, 6) is -9.14. The van der Waals surface area contributed by atoms with Crippen LogP contribution in [0.5, 0.6) is 0 Å². The number of carbonyl (C=O) groups is 1. The Morgan fingerprint density at radius 3 is 1.40 bits per heavy atom. The molecule has 0 fully saturated rings. The van der Waals surface area contributed by atoms with Gasteiger partial charge in [0.25, 0.3) is 0 Å². The van der Waals surface area contributed by atoms with Crippen LogP contribution in [0.3, 0.4) is 0 Å². The second-order valence-electron chi connectivity index (χ2n) is 12.2. The van der Waals surface area contributed by atoms with Gasteiger partial charge in [-0.25, -0.2) is 35.2 Å². The summed E-state index contributed by atoms with van der Waals surface area (Å²) in [5, 5.41) is 2.72. The van der Waals surface area contributed by atoms with Crippen LogP contribution in [-0.2, 0) is 14.9 Å². The standard InChI is InChI=1S/C15H23NO2.C10H9F5.C10H14O3S.Na/c1-6-11(2)12-7-9-13(10-8-12)16-14(17)18-15(3,4)5;1-3-4(2)5-6(11)8(13)10(15)9(14)7(5)12;1-3-8(2)9-4-6-10(7-5-9)14(11,12)13;/h7-11H,6H2,1-5H3,(H,16,17);4H,3H2,1-2H3;4-8H,3H2,1-2H3,(H,11,12,13);/q;;;+1/p-1. The predicted molar refractivity (Wildman–Crippen MR) is 173 cm³/mol. The zero-order chi connectivity index (χ0) is 36.3. The number of amides is 1. The maximum atomic E-state index is 13.1. The Morgan fingerprint density at radius 1 is 0.708 bits per heavy atom. The minimum Gasteiger partial charge on any atom is -0.744 e. The van der Waals surface area contributed by atoms with Gasteiger partial charge in [-0.3, -0.25) is 5.32 Å². The summed E-state index contributed by atoms with van der Waals surface area (Å²) < 4.78 is 101. The third-order valence-corrected chi connectivity index (χ3v) is 8.29. The molecule has 13 heteroatoms. The third kappa shape index (κ3) is 14.2. The van der Waals surface area contributed by atoms with Gasteiger partial charge in [0.2, 0.25) is 5.82 Å². The van der Waals surface area contributed by atoms with Gasteiger partial charge in [0.1, 0.15) is 15.7 Å². The third-order valence-electron chi connectivity index (χ3n) is 7.44. The second-order valence-corrected chi connectivity index (χ2v) is 13.6. The summed E-state index contributed by atoms with van der Waals surface area (Å²) in [5.41, 5.74) is 1.89. The van der Waals surface area contributed by atoms with Crippen molar-refractivity contribution in [1.82, 2.24) is 0 Å². The molecule has 0 saturated carbocycles. The van der Waals surface area contributed by atoms with Gasteiger partial charge in [-0.2, -0.15) is 0 Å². The Kier molecular flexibility index (Phi) is 19.2. The van der Waals surface area contributed by atoms with Crippen molar-refractivity contribution in [1.29, 1.82) is 0 Å². The van der Waals surface area contributed by atoms with Crippen LogP contribution in [0, 0.1) is 29.1 Å². The topological polar surface area (TPSA) is 95.5 Å². The predicted octanol–water partition coefficient (Wildman–Crippen LogP) is 7.55. The van der Waals surface area contributed by atoms with Gasteiger partial charge in [0, 0.05) is 11.3 Å². The Morgan fingerprint density at radius 2 is 1.06 bits per heavy atom. The quantitative estimate of drug-likeness (QED) is 0.0857. The number of carbonyl (C=O) groups excluding carboxylic acids is 1.